The Hall–Kier alpha value is -0.570. The summed E-state index contributed by atoms with van der Waals surface area (Å²) in [7, 11) is 0. The minimum absolute atomic E-state index is 0.128. The number of carbonyl (C=O) groups is 1. The van der Waals surface area contributed by atoms with E-state index in [1.54, 1.807) is 0 Å². The number of nitrogens with one attached hydrogen (secondary N) is 1. The zero-order chi connectivity index (χ0) is 14.5. The van der Waals surface area contributed by atoms with Crippen LogP contribution in [0.5, 0.6) is 0 Å². The van der Waals surface area contributed by atoms with Crippen molar-refractivity contribution in [2.45, 2.75) is 65.3 Å². The molecule has 4 aliphatic rings. The second-order valence-electron chi connectivity index (χ2n) is 8.56. The van der Waals surface area contributed by atoms with Gasteiger partial charge in [0.2, 0.25) is 5.91 Å². The number of hydrogen-bond acceptors (Lipinski definition) is 2. The van der Waals surface area contributed by atoms with Crippen LogP contribution in [0.1, 0.15) is 59.3 Å². The van der Waals surface area contributed by atoms with E-state index < -0.39 is 5.41 Å². The van der Waals surface area contributed by atoms with E-state index >= 15 is 0 Å². The SMILES string of the molecule is CC(NC(=O)C(C)(C)CN)C12CC3CC(CC(C3)C1)C2. The van der Waals surface area contributed by atoms with Gasteiger partial charge in [-0.15, -0.1) is 0 Å². The molecule has 1 amide bonds. The lowest BCUT2D eigenvalue weighted by Crippen LogP contribution is -2.57. The van der Waals surface area contributed by atoms with E-state index in [1.165, 1.54) is 38.5 Å². The molecule has 3 nitrogen and oxygen atoms in total. The monoisotopic (exact) mass is 278 g/mol. The van der Waals surface area contributed by atoms with Crippen LogP contribution in [0, 0.1) is 28.6 Å². The highest BCUT2D eigenvalue weighted by Gasteiger charge is 2.53. The van der Waals surface area contributed by atoms with Crippen molar-refractivity contribution in [1.82, 2.24) is 5.32 Å². The number of hydrogen-bond donors (Lipinski definition) is 2. The fourth-order valence-electron chi connectivity index (χ4n) is 5.35. The van der Waals surface area contributed by atoms with E-state index in [0.29, 0.717) is 18.0 Å². The lowest BCUT2D eigenvalue weighted by atomic mass is 9.48. The van der Waals surface area contributed by atoms with Gasteiger partial charge >= 0.3 is 0 Å². The van der Waals surface area contributed by atoms with Gasteiger partial charge in [0.15, 0.2) is 0 Å². The Balaban J connectivity index is 1.71. The van der Waals surface area contributed by atoms with Crippen LogP contribution in [0.15, 0.2) is 0 Å². The summed E-state index contributed by atoms with van der Waals surface area (Å²) in [5.74, 6) is 2.93. The number of rotatable bonds is 4. The first-order valence-corrected chi connectivity index (χ1v) is 8.36. The van der Waals surface area contributed by atoms with Crippen molar-refractivity contribution >= 4 is 5.91 Å². The van der Waals surface area contributed by atoms with Crippen molar-refractivity contribution < 1.29 is 4.79 Å². The van der Waals surface area contributed by atoms with Crippen molar-refractivity contribution in [3.8, 4) is 0 Å². The van der Waals surface area contributed by atoms with E-state index in [9.17, 15) is 4.79 Å². The van der Waals surface area contributed by atoms with E-state index in [-0.39, 0.29) is 5.91 Å². The highest BCUT2D eigenvalue weighted by Crippen LogP contribution is 2.61. The first-order valence-electron chi connectivity index (χ1n) is 8.36. The molecule has 0 aliphatic heterocycles. The smallest absolute Gasteiger partial charge is 0.227 e. The van der Waals surface area contributed by atoms with Crippen LogP contribution in [0.3, 0.4) is 0 Å². The minimum Gasteiger partial charge on any atom is -0.353 e. The maximum atomic E-state index is 12.4. The molecule has 4 saturated carbocycles. The Bertz CT molecular complexity index is 367. The Labute approximate surface area is 123 Å². The van der Waals surface area contributed by atoms with Gasteiger partial charge < -0.3 is 11.1 Å². The third-order valence-electron chi connectivity index (χ3n) is 6.48. The number of carbonyl (C=O) groups excluding carboxylic acids is 1. The molecule has 4 fully saturated rings. The third kappa shape index (κ3) is 2.28. The maximum Gasteiger partial charge on any atom is 0.227 e. The second kappa shape index (κ2) is 4.72. The molecule has 3 N–H and O–H groups in total. The molecule has 0 radical (unpaired) electrons. The van der Waals surface area contributed by atoms with Crippen LogP contribution in [0.2, 0.25) is 0 Å². The summed E-state index contributed by atoms with van der Waals surface area (Å²) in [4.78, 5) is 12.4. The number of nitrogens with two attached hydrogens (primary N) is 1. The highest BCUT2D eigenvalue weighted by atomic mass is 16.2. The molecule has 0 saturated heterocycles. The molecule has 4 rings (SSSR count). The summed E-state index contributed by atoms with van der Waals surface area (Å²) in [5.41, 5.74) is 5.66. The Morgan fingerprint density at radius 2 is 1.65 bits per heavy atom. The van der Waals surface area contributed by atoms with Gasteiger partial charge in [0, 0.05) is 12.6 Å². The molecule has 0 aromatic carbocycles. The van der Waals surface area contributed by atoms with Crippen LogP contribution < -0.4 is 11.1 Å². The molecular formula is C17H30N2O. The summed E-state index contributed by atoms with van der Waals surface area (Å²) in [6.45, 7) is 6.52. The van der Waals surface area contributed by atoms with Crippen molar-refractivity contribution in [2.24, 2.45) is 34.3 Å². The normalized spacial score (nSPS) is 40.7. The molecule has 114 valence electrons. The zero-order valence-electron chi connectivity index (χ0n) is 13.2. The van der Waals surface area contributed by atoms with E-state index in [2.05, 4.69) is 12.2 Å². The van der Waals surface area contributed by atoms with Gasteiger partial charge in [-0.1, -0.05) is 0 Å². The predicted octanol–water partition coefficient (Wildman–Crippen LogP) is 2.69. The van der Waals surface area contributed by atoms with Gasteiger partial charge in [-0.3, -0.25) is 4.79 Å². The van der Waals surface area contributed by atoms with Crippen LogP contribution in [-0.4, -0.2) is 18.5 Å². The van der Waals surface area contributed by atoms with Gasteiger partial charge in [0.05, 0.1) is 5.41 Å². The van der Waals surface area contributed by atoms with E-state index in [4.69, 9.17) is 5.73 Å². The summed E-state index contributed by atoms with van der Waals surface area (Å²) >= 11 is 0. The van der Waals surface area contributed by atoms with Crippen molar-refractivity contribution in [3.05, 3.63) is 0 Å². The van der Waals surface area contributed by atoms with Gasteiger partial charge in [0.1, 0.15) is 0 Å². The molecule has 4 bridgehead atoms. The molecule has 4 aliphatic carbocycles. The van der Waals surface area contributed by atoms with Crippen molar-refractivity contribution in [3.63, 3.8) is 0 Å². The van der Waals surface area contributed by atoms with Gasteiger partial charge in [0.25, 0.3) is 0 Å². The summed E-state index contributed by atoms with van der Waals surface area (Å²) in [6, 6.07) is 0.300. The van der Waals surface area contributed by atoms with Crippen LogP contribution in [-0.2, 0) is 4.79 Å². The van der Waals surface area contributed by atoms with Crippen molar-refractivity contribution in [2.75, 3.05) is 6.54 Å². The van der Waals surface area contributed by atoms with Gasteiger partial charge in [-0.05, 0) is 82.5 Å². The lowest BCUT2D eigenvalue weighted by molar-refractivity contribution is -0.133. The quantitative estimate of drug-likeness (QED) is 0.830. The molecular weight excluding hydrogens is 248 g/mol. The van der Waals surface area contributed by atoms with E-state index in [1.807, 2.05) is 13.8 Å². The molecule has 3 heteroatoms. The summed E-state index contributed by atoms with van der Waals surface area (Å²) in [6.07, 6.45) is 8.37. The standard InChI is InChI=1S/C17H30N2O/c1-11(19-15(20)16(2,3)10-18)17-7-12-4-13(8-17)6-14(5-12)9-17/h11-14H,4-10,18H2,1-3H3,(H,19,20). The average molecular weight is 278 g/mol. The Kier molecular flexibility index (Phi) is 3.39. The molecule has 20 heavy (non-hydrogen) atoms. The molecule has 0 aromatic heterocycles. The largest absolute Gasteiger partial charge is 0.353 e. The van der Waals surface area contributed by atoms with Gasteiger partial charge in [-0.2, -0.15) is 0 Å². The predicted molar refractivity (Wildman–Crippen MR) is 81.0 cm³/mol. The molecule has 0 aromatic rings. The highest BCUT2D eigenvalue weighted by molar-refractivity contribution is 5.82. The molecule has 1 unspecified atom stereocenters. The number of amides is 1. The van der Waals surface area contributed by atoms with Gasteiger partial charge in [-0.25, -0.2) is 0 Å². The Morgan fingerprint density at radius 3 is 2.05 bits per heavy atom. The fourth-order valence-corrected chi connectivity index (χ4v) is 5.35. The minimum atomic E-state index is -0.448. The Morgan fingerprint density at radius 1 is 1.20 bits per heavy atom. The average Bonchev–Trinajstić information content (AvgIpc) is 2.36. The molecule has 0 heterocycles. The van der Waals surface area contributed by atoms with Crippen LogP contribution in [0.4, 0.5) is 0 Å². The second-order valence-corrected chi connectivity index (χ2v) is 8.56. The lowest BCUT2D eigenvalue weighted by Gasteiger charge is -2.59. The van der Waals surface area contributed by atoms with Crippen molar-refractivity contribution in [1.29, 1.82) is 0 Å². The fraction of sp³-hybridized carbons (Fsp3) is 0.941. The van der Waals surface area contributed by atoms with Crippen LogP contribution >= 0.6 is 0 Å². The summed E-state index contributed by atoms with van der Waals surface area (Å²) in [5, 5.41) is 3.31. The summed E-state index contributed by atoms with van der Waals surface area (Å²) < 4.78 is 0. The first-order chi connectivity index (χ1) is 9.34. The van der Waals surface area contributed by atoms with E-state index in [0.717, 1.165) is 17.8 Å². The molecule has 1 atom stereocenters. The molecule has 0 spiro atoms. The third-order valence-corrected chi connectivity index (χ3v) is 6.48. The maximum absolute atomic E-state index is 12.4. The topological polar surface area (TPSA) is 55.1 Å². The zero-order valence-corrected chi connectivity index (χ0v) is 13.2. The van der Waals surface area contributed by atoms with Crippen LogP contribution in [0.25, 0.3) is 0 Å². The first kappa shape index (κ1) is 14.4.